The van der Waals surface area contributed by atoms with Crippen molar-refractivity contribution in [2.45, 2.75) is 0 Å². The lowest BCUT2D eigenvalue weighted by Crippen LogP contribution is -1.92. The maximum absolute atomic E-state index is 8.84. The number of halogens is 1. The molecule has 0 fully saturated rings. The summed E-state index contributed by atoms with van der Waals surface area (Å²) in [7, 11) is 0. The highest BCUT2D eigenvalue weighted by Crippen LogP contribution is 2.38. The molecule has 3 rings (SSSR count). The SMILES string of the molecule is N#Cc1cnc2cc3c(cc2c1Cl)OCO3. The Labute approximate surface area is 96.0 Å². The summed E-state index contributed by atoms with van der Waals surface area (Å²) in [5.74, 6) is 1.28. The quantitative estimate of drug-likeness (QED) is 0.700. The van der Waals surface area contributed by atoms with Gasteiger partial charge in [0.1, 0.15) is 6.07 Å². The number of nitrogens with zero attached hydrogens (tertiary/aromatic N) is 2. The zero-order valence-electron chi connectivity index (χ0n) is 8.03. The van der Waals surface area contributed by atoms with Crippen LogP contribution >= 0.6 is 11.6 Å². The van der Waals surface area contributed by atoms with E-state index < -0.39 is 0 Å². The maximum atomic E-state index is 8.84. The monoisotopic (exact) mass is 232 g/mol. The first-order chi connectivity index (χ1) is 7.79. The average Bonchev–Trinajstić information content (AvgIpc) is 2.74. The molecule has 2 heterocycles. The van der Waals surface area contributed by atoms with Gasteiger partial charge in [-0.15, -0.1) is 0 Å². The van der Waals surface area contributed by atoms with E-state index in [0.717, 1.165) is 0 Å². The smallest absolute Gasteiger partial charge is 0.231 e. The van der Waals surface area contributed by atoms with Crippen LogP contribution in [0.4, 0.5) is 0 Å². The minimum atomic E-state index is 0.203. The first-order valence-corrected chi connectivity index (χ1v) is 4.95. The molecule has 1 aromatic heterocycles. The Morgan fingerprint density at radius 2 is 2.06 bits per heavy atom. The van der Waals surface area contributed by atoms with Crippen LogP contribution in [0.25, 0.3) is 10.9 Å². The predicted molar refractivity (Wildman–Crippen MR) is 57.6 cm³/mol. The van der Waals surface area contributed by atoms with Crippen LogP contribution in [0.5, 0.6) is 11.5 Å². The Balaban J connectivity index is 2.37. The number of hydrogen-bond acceptors (Lipinski definition) is 4. The number of pyridine rings is 1. The topological polar surface area (TPSA) is 55.1 Å². The molecule has 0 aliphatic carbocycles. The second-order valence-electron chi connectivity index (χ2n) is 3.32. The number of ether oxygens (including phenoxy) is 2. The normalized spacial score (nSPS) is 12.8. The van der Waals surface area contributed by atoms with E-state index in [1.54, 1.807) is 12.1 Å². The molecule has 78 valence electrons. The molecule has 1 aliphatic rings. The molecule has 1 aromatic carbocycles. The average molecular weight is 233 g/mol. The molecule has 0 saturated heterocycles. The summed E-state index contributed by atoms with van der Waals surface area (Å²) in [5, 5.41) is 9.93. The van der Waals surface area contributed by atoms with Crippen molar-refractivity contribution in [2.24, 2.45) is 0 Å². The second-order valence-corrected chi connectivity index (χ2v) is 3.70. The fourth-order valence-corrected chi connectivity index (χ4v) is 1.87. The van der Waals surface area contributed by atoms with Gasteiger partial charge in [0.2, 0.25) is 6.79 Å². The lowest BCUT2D eigenvalue weighted by Gasteiger charge is -2.03. The van der Waals surface area contributed by atoms with Gasteiger partial charge in [0.05, 0.1) is 16.1 Å². The largest absolute Gasteiger partial charge is 0.454 e. The zero-order valence-corrected chi connectivity index (χ0v) is 8.78. The van der Waals surface area contributed by atoms with Crippen LogP contribution in [0.3, 0.4) is 0 Å². The third-order valence-corrected chi connectivity index (χ3v) is 2.82. The lowest BCUT2D eigenvalue weighted by molar-refractivity contribution is 0.174. The van der Waals surface area contributed by atoms with E-state index in [0.29, 0.717) is 33.0 Å². The summed E-state index contributed by atoms with van der Waals surface area (Å²) in [6.45, 7) is 0.203. The van der Waals surface area contributed by atoms with Crippen molar-refractivity contribution in [1.82, 2.24) is 4.98 Å². The van der Waals surface area contributed by atoms with Gasteiger partial charge in [0, 0.05) is 17.6 Å². The van der Waals surface area contributed by atoms with Crippen LogP contribution < -0.4 is 9.47 Å². The summed E-state index contributed by atoms with van der Waals surface area (Å²) in [5.41, 5.74) is 1.04. The maximum Gasteiger partial charge on any atom is 0.231 e. The molecule has 0 amide bonds. The number of nitriles is 1. The molecule has 1 aliphatic heterocycles. The third-order valence-electron chi connectivity index (χ3n) is 2.42. The summed E-state index contributed by atoms with van der Waals surface area (Å²) in [6, 6.07) is 5.49. The molecule has 2 aromatic rings. The van der Waals surface area contributed by atoms with Gasteiger partial charge in [-0.2, -0.15) is 5.26 Å². The van der Waals surface area contributed by atoms with Crippen molar-refractivity contribution in [3.8, 4) is 17.6 Å². The molecule has 0 unspecified atom stereocenters. The molecule has 0 N–H and O–H groups in total. The minimum absolute atomic E-state index is 0.203. The Morgan fingerprint density at radius 3 is 2.81 bits per heavy atom. The fourth-order valence-electron chi connectivity index (χ4n) is 1.63. The van der Waals surface area contributed by atoms with Gasteiger partial charge in [0.15, 0.2) is 11.5 Å². The van der Waals surface area contributed by atoms with Crippen LogP contribution in [0.15, 0.2) is 18.3 Å². The van der Waals surface area contributed by atoms with E-state index >= 15 is 0 Å². The van der Waals surface area contributed by atoms with E-state index in [4.69, 9.17) is 26.3 Å². The van der Waals surface area contributed by atoms with Crippen molar-refractivity contribution in [1.29, 1.82) is 5.26 Å². The summed E-state index contributed by atoms with van der Waals surface area (Å²) >= 11 is 6.08. The number of fused-ring (bicyclic) bond motifs is 2. The van der Waals surface area contributed by atoms with Gasteiger partial charge in [-0.3, -0.25) is 4.98 Å². The molecule has 0 saturated carbocycles. The van der Waals surface area contributed by atoms with Crippen molar-refractivity contribution >= 4 is 22.5 Å². The number of benzene rings is 1. The van der Waals surface area contributed by atoms with Crippen molar-refractivity contribution in [3.05, 3.63) is 28.9 Å². The molecule has 0 bridgehead atoms. The van der Waals surface area contributed by atoms with Gasteiger partial charge in [-0.1, -0.05) is 11.6 Å². The Morgan fingerprint density at radius 1 is 1.31 bits per heavy atom. The molecule has 0 spiro atoms. The highest BCUT2D eigenvalue weighted by molar-refractivity contribution is 6.36. The standard InChI is InChI=1S/C11H5ClN2O2/c12-11-6(3-13)4-14-8-2-10-9(1-7(8)11)15-5-16-10/h1-2,4H,5H2. The Hall–Kier alpha value is -1.99. The fraction of sp³-hybridized carbons (Fsp3) is 0.0909. The molecule has 5 heteroatoms. The van der Waals surface area contributed by atoms with Gasteiger partial charge >= 0.3 is 0 Å². The second kappa shape index (κ2) is 3.26. The van der Waals surface area contributed by atoms with Gasteiger partial charge < -0.3 is 9.47 Å². The zero-order chi connectivity index (χ0) is 11.1. The number of rotatable bonds is 0. The van der Waals surface area contributed by atoms with Crippen LogP contribution in [-0.4, -0.2) is 11.8 Å². The Bertz CT molecular complexity index is 634. The first-order valence-electron chi connectivity index (χ1n) is 4.57. The number of aromatic nitrogens is 1. The summed E-state index contributed by atoms with van der Waals surface area (Å²) in [6.07, 6.45) is 1.45. The molecule has 0 atom stereocenters. The van der Waals surface area contributed by atoms with E-state index in [1.807, 2.05) is 6.07 Å². The van der Waals surface area contributed by atoms with Gasteiger partial charge in [-0.05, 0) is 6.07 Å². The van der Waals surface area contributed by atoms with Gasteiger partial charge in [0.25, 0.3) is 0 Å². The Kier molecular flexibility index (Phi) is 1.88. The summed E-state index contributed by atoms with van der Waals surface area (Å²) in [4.78, 5) is 4.15. The lowest BCUT2D eigenvalue weighted by atomic mass is 10.1. The van der Waals surface area contributed by atoms with Crippen LogP contribution in [0.1, 0.15) is 5.56 Å². The minimum Gasteiger partial charge on any atom is -0.454 e. The van der Waals surface area contributed by atoms with E-state index in [1.165, 1.54) is 6.20 Å². The highest BCUT2D eigenvalue weighted by Gasteiger charge is 2.16. The van der Waals surface area contributed by atoms with Crippen LogP contribution in [0, 0.1) is 11.3 Å². The van der Waals surface area contributed by atoms with Gasteiger partial charge in [-0.25, -0.2) is 0 Å². The summed E-state index contributed by atoms with van der Waals surface area (Å²) < 4.78 is 10.5. The van der Waals surface area contributed by atoms with Crippen molar-refractivity contribution in [3.63, 3.8) is 0 Å². The van der Waals surface area contributed by atoms with E-state index in [-0.39, 0.29) is 6.79 Å². The first kappa shape index (κ1) is 9.25. The molecule has 0 radical (unpaired) electrons. The van der Waals surface area contributed by atoms with Crippen LogP contribution in [-0.2, 0) is 0 Å². The van der Waals surface area contributed by atoms with Crippen molar-refractivity contribution < 1.29 is 9.47 Å². The van der Waals surface area contributed by atoms with E-state index in [9.17, 15) is 0 Å². The highest BCUT2D eigenvalue weighted by atomic mass is 35.5. The van der Waals surface area contributed by atoms with E-state index in [2.05, 4.69) is 4.98 Å². The predicted octanol–water partition coefficient (Wildman–Crippen LogP) is 2.49. The number of hydrogen-bond donors (Lipinski definition) is 0. The molecule has 4 nitrogen and oxygen atoms in total. The molecular weight excluding hydrogens is 228 g/mol. The third kappa shape index (κ3) is 1.19. The molecule has 16 heavy (non-hydrogen) atoms. The van der Waals surface area contributed by atoms with Crippen molar-refractivity contribution in [2.75, 3.05) is 6.79 Å². The van der Waals surface area contributed by atoms with Crippen LogP contribution in [0.2, 0.25) is 5.02 Å². The molecular formula is C11H5ClN2O2.